The summed E-state index contributed by atoms with van der Waals surface area (Å²) in [6, 6.07) is 11.7. The molecule has 0 fully saturated rings. The van der Waals surface area contributed by atoms with E-state index in [2.05, 4.69) is 25.0 Å². The molecule has 15 heteroatoms. The number of aromatic amines is 1. The molecule has 4 aromatic rings. The monoisotopic (exact) mass is 665 g/mol. The number of nitrogens with zero attached hydrogens (tertiary/aromatic N) is 2. The zero-order valence-corrected chi connectivity index (χ0v) is 26.5. The molecule has 8 N–H and O–H groups in total. The first-order valence-corrected chi connectivity index (χ1v) is 17.0. The molecule has 5 rings (SSSR count). The number of guanidine groups is 1. The van der Waals surface area contributed by atoms with Crippen molar-refractivity contribution in [2.45, 2.75) is 49.5 Å². The van der Waals surface area contributed by atoms with Crippen LogP contribution < -0.4 is 26.2 Å². The molecule has 0 radical (unpaired) electrons. The topological polar surface area (TPSA) is 215 Å². The van der Waals surface area contributed by atoms with Gasteiger partial charge in [-0.3, -0.25) is 14.5 Å². The fraction of sp³-hybridized carbons (Fsp3) is 0.290. The Morgan fingerprint density at radius 2 is 1.98 bits per heavy atom. The second kappa shape index (κ2) is 14.5. The SMILES string of the molecule is NC(N)=NCCC[C@H](NC(=O)c1sccc1NS(=O)(=O)c1cc(-c2ccccc2CCCc2ncc[nH]2)cc2c1OCC2)C(=O)O. The van der Waals surface area contributed by atoms with E-state index in [0.29, 0.717) is 19.4 Å². The maximum atomic E-state index is 13.9. The van der Waals surface area contributed by atoms with E-state index in [1.807, 2.05) is 30.3 Å². The van der Waals surface area contributed by atoms with Crippen LogP contribution in [0.4, 0.5) is 5.69 Å². The number of aliphatic imine (C=N–C) groups is 1. The number of rotatable bonds is 15. The summed E-state index contributed by atoms with van der Waals surface area (Å²) in [4.78, 5) is 36.1. The van der Waals surface area contributed by atoms with Gasteiger partial charge in [-0.15, -0.1) is 11.3 Å². The van der Waals surface area contributed by atoms with Gasteiger partial charge < -0.3 is 31.6 Å². The van der Waals surface area contributed by atoms with Gasteiger partial charge in [0, 0.05) is 31.8 Å². The Morgan fingerprint density at radius 3 is 2.74 bits per heavy atom. The third kappa shape index (κ3) is 7.84. The minimum atomic E-state index is -4.24. The number of carboxylic acid groups (broad SMARTS) is 1. The molecule has 0 unspecified atom stereocenters. The lowest BCUT2D eigenvalue weighted by Gasteiger charge is -2.16. The van der Waals surface area contributed by atoms with Crippen LogP contribution >= 0.6 is 11.3 Å². The molecule has 0 spiro atoms. The zero-order valence-electron chi connectivity index (χ0n) is 24.9. The molecule has 0 saturated heterocycles. The van der Waals surface area contributed by atoms with Gasteiger partial charge in [-0.1, -0.05) is 24.3 Å². The Morgan fingerprint density at radius 1 is 1.15 bits per heavy atom. The standard InChI is InChI=1S/C31H35N7O6S2/c32-31(33)36-12-4-8-24(30(40)41)37-29(39)28-23(11-16-45-28)38-46(42,43)25-18-21(17-20-10-15-44-27(20)25)22-7-2-1-5-19(22)6-3-9-26-34-13-14-35-26/h1-2,5,7,11,13-14,16-18,24,38H,3-4,6,8-10,12,15H2,(H,34,35)(H,37,39)(H,40,41)(H4,32,33,36)/t24-/m0/s1. The number of aliphatic carboxylic acids is 1. The van der Waals surface area contributed by atoms with Crippen molar-refractivity contribution in [3.05, 3.63) is 82.1 Å². The van der Waals surface area contributed by atoms with Gasteiger partial charge in [0.2, 0.25) is 0 Å². The molecule has 242 valence electrons. The quantitative estimate of drug-likeness (QED) is 0.0623. The van der Waals surface area contributed by atoms with Gasteiger partial charge in [-0.05, 0) is 71.5 Å². The molecule has 0 saturated carbocycles. The Labute approximate surface area is 270 Å². The van der Waals surface area contributed by atoms with E-state index in [-0.39, 0.29) is 40.1 Å². The van der Waals surface area contributed by atoms with Crippen LogP contribution in [0.2, 0.25) is 0 Å². The number of hydrogen-bond donors (Lipinski definition) is 6. The first kappa shape index (κ1) is 32.5. The van der Waals surface area contributed by atoms with Crippen molar-refractivity contribution in [3.63, 3.8) is 0 Å². The van der Waals surface area contributed by atoms with E-state index in [1.54, 1.807) is 23.8 Å². The molecule has 2 aromatic carbocycles. The van der Waals surface area contributed by atoms with Crippen molar-refractivity contribution in [1.82, 2.24) is 15.3 Å². The summed E-state index contributed by atoms with van der Waals surface area (Å²) < 4.78 is 36.1. The highest BCUT2D eigenvalue weighted by molar-refractivity contribution is 7.92. The fourth-order valence-electron chi connectivity index (χ4n) is 5.28. The number of carbonyl (C=O) groups excluding carboxylic acids is 1. The van der Waals surface area contributed by atoms with Crippen LogP contribution in [0.25, 0.3) is 11.1 Å². The van der Waals surface area contributed by atoms with Crippen LogP contribution in [0, 0.1) is 0 Å². The lowest BCUT2D eigenvalue weighted by Crippen LogP contribution is -2.40. The Balaban J connectivity index is 1.37. The number of fused-ring (bicyclic) bond motifs is 1. The Hall–Kier alpha value is -4.89. The molecule has 0 aliphatic carbocycles. The highest BCUT2D eigenvalue weighted by atomic mass is 32.2. The van der Waals surface area contributed by atoms with Gasteiger partial charge in [0.25, 0.3) is 15.9 Å². The molecule has 3 heterocycles. The highest BCUT2D eigenvalue weighted by Crippen LogP contribution is 2.39. The van der Waals surface area contributed by atoms with Crippen LogP contribution in [0.3, 0.4) is 0 Å². The molecule has 1 aliphatic rings. The summed E-state index contributed by atoms with van der Waals surface area (Å²) in [5.41, 5.74) is 14.2. The summed E-state index contributed by atoms with van der Waals surface area (Å²) in [5.74, 6) is -0.879. The summed E-state index contributed by atoms with van der Waals surface area (Å²) >= 11 is 0.989. The minimum Gasteiger partial charge on any atom is -0.492 e. The molecule has 46 heavy (non-hydrogen) atoms. The van der Waals surface area contributed by atoms with E-state index in [0.717, 1.165) is 58.7 Å². The lowest BCUT2D eigenvalue weighted by atomic mass is 9.94. The van der Waals surface area contributed by atoms with Crippen LogP contribution in [0.1, 0.15) is 45.9 Å². The normalized spacial score (nSPS) is 13.0. The van der Waals surface area contributed by atoms with Gasteiger partial charge in [0.15, 0.2) is 5.96 Å². The number of benzene rings is 2. The van der Waals surface area contributed by atoms with Crippen molar-refractivity contribution in [2.24, 2.45) is 16.5 Å². The second-order valence-electron chi connectivity index (χ2n) is 10.7. The van der Waals surface area contributed by atoms with E-state index < -0.39 is 27.9 Å². The number of amides is 1. The molecular formula is C31H35N7O6S2. The second-order valence-corrected chi connectivity index (χ2v) is 13.3. The van der Waals surface area contributed by atoms with Gasteiger partial charge in [-0.25, -0.2) is 18.2 Å². The molecule has 1 atom stereocenters. The molecular weight excluding hydrogens is 631 g/mol. The number of imidazole rings is 1. The lowest BCUT2D eigenvalue weighted by molar-refractivity contribution is -0.139. The van der Waals surface area contributed by atoms with Crippen molar-refractivity contribution in [1.29, 1.82) is 0 Å². The number of ether oxygens (including phenoxy) is 1. The predicted octanol–water partition coefficient (Wildman–Crippen LogP) is 3.29. The zero-order chi connectivity index (χ0) is 32.7. The van der Waals surface area contributed by atoms with Gasteiger partial charge >= 0.3 is 5.97 Å². The molecule has 13 nitrogen and oxygen atoms in total. The Kier molecular flexibility index (Phi) is 10.2. The van der Waals surface area contributed by atoms with Crippen molar-refractivity contribution in [3.8, 4) is 16.9 Å². The van der Waals surface area contributed by atoms with Gasteiger partial charge in [-0.2, -0.15) is 0 Å². The number of aromatic nitrogens is 2. The Bertz CT molecular complexity index is 1830. The number of carboxylic acids is 1. The van der Waals surface area contributed by atoms with Crippen LogP contribution in [0.15, 0.2) is 70.1 Å². The number of nitrogens with one attached hydrogen (secondary N) is 3. The predicted molar refractivity (Wildman–Crippen MR) is 176 cm³/mol. The van der Waals surface area contributed by atoms with Crippen LogP contribution in [-0.2, 0) is 34.1 Å². The highest BCUT2D eigenvalue weighted by Gasteiger charge is 2.30. The van der Waals surface area contributed by atoms with Crippen LogP contribution in [0.5, 0.6) is 5.75 Å². The van der Waals surface area contributed by atoms with E-state index in [4.69, 9.17) is 16.2 Å². The maximum Gasteiger partial charge on any atom is 0.326 e. The number of sulfonamides is 1. The van der Waals surface area contributed by atoms with Crippen molar-refractivity contribution < 1.29 is 27.9 Å². The minimum absolute atomic E-state index is 0.0228. The summed E-state index contributed by atoms with van der Waals surface area (Å²) in [5, 5.41) is 13.7. The largest absolute Gasteiger partial charge is 0.492 e. The van der Waals surface area contributed by atoms with Crippen molar-refractivity contribution >= 4 is 44.9 Å². The van der Waals surface area contributed by atoms with E-state index >= 15 is 0 Å². The number of carbonyl (C=O) groups is 2. The molecule has 1 aliphatic heterocycles. The molecule has 2 aromatic heterocycles. The average Bonchev–Trinajstić information content (AvgIpc) is 3.80. The van der Waals surface area contributed by atoms with E-state index in [1.165, 1.54) is 6.07 Å². The maximum absolute atomic E-state index is 13.9. The van der Waals surface area contributed by atoms with E-state index in [9.17, 15) is 23.1 Å². The summed E-state index contributed by atoms with van der Waals surface area (Å²) in [7, 11) is -4.24. The third-order valence-corrected chi connectivity index (χ3v) is 9.73. The van der Waals surface area contributed by atoms with Gasteiger partial charge in [0.1, 0.15) is 27.4 Å². The number of H-pyrrole nitrogens is 1. The molecule has 0 bridgehead atoms. The smallest absolute Gasteiger partial charge is 0.326 e. The fourth-order valence-corrected chi connectivity index (χ4v) is 7.38. The average molecular weight is 666 g/mol. The summed E-state index contributed by atoms with van der Waals surface area (Å²) in [6.45, 7) is 0.547. The number of aryl methyl sites for hydroxylation is 2. The summed E-state index contributed by atoms with van der Waals surface area (Å²) in [6.07, 6.45) is 6.87. The van der Waals surface area contributed by atoms with Crippen LogP contribution in [-0.4, -0.2) is 60.5 Å². The number of thiophene rings is 1. The van der Waals surface area contributed by atoms with Gasteiger partial charge in [0.05, 0.1) is 12.3 Å². The first-order chi connectivity index (χ1) is 22.1. The first-order valence-electron chi connectivity index (χ1n) is 14.7. The number of nitrogens with two attached hydrogens (primary N) is 2. The number of anilines is 1. The third-order valence-electron chi connectivity index (χ3n) is 7.45. The molecule has 1 amide bonds. The number of hydrogen-bond acceptors (Lipinski definition) is 8. The van der Waals surface area contributed by atoms with Crippen molar-refractivity contribution in [2.75, 3.05) is 17.9 Å².